The van der Waals surface area contributed by atoms with E-state index in [0.717, 1.165) is 24.4 Å². The van der Waals surface area contributed by atoms with Gasteiger partial charge in [0.15, 0.2) is 0 Å². The molecule has 1 aromatic rings. The number of hydrogen-bond acceptors (Lipinski definition) is 5. The molecule has 3 N–H and O–H groups in total. The van der Waals surface area contributed by atoms with E-state index in [-0.39, 0.29) is 10.5 Å². The van der Waals surface area contributed by atoms with Gasteiger partial charge in [-0.3, -0.25) is 0 Å². The van der Waals surface area contributed by atoms with Crippen LogP contribution in [0.5, 0.6) is 0 Å². The Morgan fingerprint density at radius 2 is 2.00 bits per heavy atom. The van der Waals surface area contributed by atoms with Crippen LogP contribution in [0.3, 0.4) is 0 Å². The minimum Gasteiger partial charge on any atom is -0.360 e. The maximum Gasteiger partial charge on any atom is 0.452 e. The SMILES string of the molecule is CC(C)(CCCN)CNc1nc(C(F)(F)F)ns1. The number of halogens is 3. The van der Waals surface area contributed by atoms with Gasteiger partial charge in [0, 0.05) is 18.1 Å². The van der Waals surface area contributed by atoms with Gasteiger partial charge in [-0.25, -0.2) is 0 Å². The predicted molar refractivity (Wildman–Crippen MR) is 65.5 cm³/mol. The monoisotopic (exact) mass is 282 g/mol. The number of nitrogens with zero attached hydrogens (tertiary/aromatic N) is 2. The van der Waals surface area contributed by atoms with Gasteiger partial charge < -0.3 is 11.1 Å². The van der Waals surface area contributed by atoms with Gasteiger partial charge in [0.05, 0.1) is 0 Å². The van der Waals surface area contributed by atoms with Crippen molar-refractivity contribution in [2.24, 2.45) is 11.1 Å². The van der Waals surface area contributed by atoms with E-state index in [4.69, 9.17) is 5.73 Å². The van der Waals surface area contributed by atoms with Gasteiger partial charge in [0.25, 0.3) is 0 Å². The fourth-order valence-corrected chi connectivity index (χ4v) is 1.98. The largest absolute Gasteiger partial charge is 0.452 e. The molecule has 8 heteroatoms. The summed E-state index contributed by atoms with van der Waals surface area (Å²) in [6.45, 7) is 5.21. The van der Waals surface area contributed by atoms with E-state index in [1.165, 1.54) is 0 Å². The van der Waals surface area contributed by atoms with Crippen LogP contribution in [0.2, 0.25) is 0 Å². The molecule has 0 amide bonds. The molecule has 4 nitrogen and oxygen atoms in total. The number of rotatable bonds is 6. The topological polar surface area (TPSA) is 63.8 Å². The van der Waals surface area contributed by atoms with Gasteiger partial charge in [-0.2, -0.15) is 22.5 Å². The zero-order valence-electron chi connectivity index (χ0n) is 10.3. The van der Waals surface area contributed by atoms with Crippen LogP contribution >= 0.6 is 11.5 Å². The van der Waals surface area contributed by atoms with Crippen molar-refractivity contribution in [2.45, 2.75) is 32.9 Å². The summed E-state index contributed by atoms with van der Waals surface area (Å²) >= 11 is 0.724. The van der Waals surface area contributed by atoms with E-state index in [9.17, 15) is 13.2 Å². The third-order valence-corrected chi connectivity index (χ3v) is 3.13. The third kappa shape index (κ3) is 4.77. The van der Waals surface area contributed by atoms with Crippen LogP contribution in [0, 0.1) is 5.41 Å². The van der Waals surface area contributed by atoms with Gasteiger partial charge in [0.2, 0.25) is 11.0 Å². The first-order valence-corrected chi connectivity index (χ1v) is 6.37. The maximum absolute atomic E-state index is 12.3. The molecule has 0 radical (unpaired) electrons. The van der Waals surface area contributed by atoms with Crippen molar-refractivity contribution >= 4 is 16.7 Å². The molecule has 0 unspecified atom stereocenters. The number of nitrogens with two attached hydrogens (primary N) is 1. The molecule has 0 saturated heterocycles. The highest BCUT2D eigenvalue weighted by Crippen LogP contribution is 2.29. The number of anilines is 1. The minimum absolute atomic E-state index is 0.0383. The average molecular weight is 282 g/mol. The summed E-state index contributed by atoms with van der Waals surface area (Å²) in [5.41, 5.74) is 5.39. The lowest BCUT2D eigenvalue weighted by Gasteiger charge is -2.24. The second-order valence-electron chi connectivity index (χ2n) is 4.83. The Bertz CT molecular complexity index is 375. The molecule has 1 rings (SSSR count). The summed E-state index contributed by atoms with van der Waals surface area (Å²) in [7, 11) is 0. The molecule has 1 aromatic heterocycles. The molecule has 0 atom stereocenters. The summed E-state index contributed by atoms with van der Waals surface area (Å²) in [5, 5.41) is 3.09. The fourth-order valence-electron chi connectivity index (χ4n) is 1.39. The van der Waals surface area contributed by atoms with Crippen LogP contribution < -0.4 is 11.1 Å². The van der Waals surface area contributed by atoms with Crippen molar-refractivity contribution in [2.75, 3.05) is 18.4 Å². The van der Waals surface area contributed by atoms with Gasteiger partial charge in [-0.05, 0) is 24.8 Å². The summed E-state index contributed by atoms with van der Waals surface area (Å²) in [5.74, 6) is -1.09. The van der Waals surface area contributed by atoms with Crippen molar-refractivity contribution in [3.63, 3.8) is 0 Å². The fraction of sp³-hybridized carbons (Fsp3) is 0.800. The van der Waals surface area contributed by atoms with Gasteiger partial charge >= 0.3 is 6.18 Å². The summed E-state index contributed by atoms with van der Waals surface area (Å²) in [6.07, 6.45) is -2.69. The van der Waals surface area contributed by atoms with Crippen LogP contribution in [0.25, 0.3) is 0 Å². The number of nitrogens with one attached hydrogen (secondary N) is 1. The molecular weight excluding hydrogens is 265 g/mol. The van der Waals surface area contributed by atoms with E-state index < -0.39 is 12.0 Å². The molecule has 0 saturated carbocycles. The Labute approximate surface area is 108 Å². The van der Waals surface area contributed by atoms with Gasteiger partial charge in [-0.1, -0.05) is 13.8 Å². The Hall–Kier alpha value is -0.890. The normalized spacial score (nSPS) is 12.8. The molecule has 0 bridgehead atoms. The molecular formula is C10H17F3N4S. The van der Waals surface area contributed by atoms with Gasteiger partial charge in [0.1, 0.15) is 0 Å². The Balaban J connectivity index is 2.51. The molecule has 0 aliphatic rings. The van der Waals surface area contributed by atoms with E-state index in [2.05, 4.69) is 14.7 Å². The minimum atomic E-state index is -4.48. The molecule has 104 valence electrons. The first-order valence-electron chi connectivity index (χ1n) is 5.59. The number of hydrogen-bond donors (Lipinski definition) is 2. The van der Waals surface area contributed by atoms with E-state index in [1.54, 1.807) is 0 Å². The highest BCUT2D eigenvalue weighted by atomic mass is 32.1. The smallest absolute Gasteiger partial charge is 0.360 e. The number of alkyl halides is 3. The predicted octanol–water partition coefficient (Wildman–Crippen LogP) is 2.73. The number of aromatic nitrogens is 2. The third-order valence-electron chi connectivity index (χ3n) is 2.46. The van der Waals surface area contributed by atoms with Crippen LogP contribution in [-0.4, -0.2) is 22.4 Å². The van der Waals surface area contributed by atoms with E-state index in [1.807, 2.05) is 13.8 Å². The lowest BCUT2D eigenvalue weighted by atomic mass is 9.88. The second-order valence-corrected chi connectivity index (χ2v) is 5.58. The molecule has 0 spiro atoms. The second kappa shape index (κ2) is 5.83. The molecule has 18 heavy (non-hydrogen) atoms. The standard InChI is InChI=1S/C10H17F3N4S/c1-9(2,4-3-5-14)6-15-8-16-7(17-18-8)10(11,12)13/h3-6,14H2,1-2H3,(H,15,16,17). The zero-order chi connectivity index (χ0) is 13.8. The van der Waals surface area contributed by atoms with Gasteiger partial charge in [-0.15, -0.1) is 0 Å². The molecule has 0 aromatic carbocycles. The quantitative estimate of drug-likeness (QED) is 0.842. The first kappa shape index (κ1) is 15.2. The van der Waals surface area contributed by atoms with Crippen LogP contribution in [0.1, 0.15) is 32.5 Å². The molecule has 0 fully saturated rings. The maximum atomic E-state index is 12.3. The Morgan fingerprint density at radius 1 is 1.33 bits per heavy atom. The summed E-state index contributed by atoms with van der Waals surface area (Å²) < 4.78 is 40.1. The molecule has 0 aliphatic heterocycles. The molecule has 0 aliphatic carbocycles. The van der Waals surface area contributed by atoms with E-state index >= 15 is 0 Å². The van der Waals surface area contributed by atoms with Crippen molar-refractivity contribution < 1.29 is 13.2 Å². The Kier molecular flexibility index (Phi) is 4.92. The van der Waals surface area contributed by atoms with Crippen LogP contribution in [0.15, 0.2) is 0 Å². The van der Waals surface area contributed by atoms with Crippen molar-refractivity contribution in [3.8, 4) is 0 Å². The average Bonchev–Trinajstić information content (AvgIpc) is 2.72. The van der Waals surface area contributed by atoms with Crippen molar-refractivity contribution in [3.05, 3.63) is 5.82 Å². The lowest BCUT2D eigenvalue weighted by Crippen LogP contribution is -2.24. The zero-order valence-corrected chi connectivity index (χ0v) is 11.2. The van der Waals surface area contributed by atoms with Crippen LogP contribution in [0.4, 0.5) is 18.3 Å². The van der Waals surface area contributed by atoms with Crippen LogP contribution in [-0.2, 0) is 6.18 Å². The highest BCUT2D eigenvalue weighted by Gasteiger charge is 2.36. The summed E-state index contributed by atoms with van der Waals surface area (Å²) in [6, 6.07) is 0. The summed E-state index contributed by atoms with van der Waals surface area (Å²) in [4.78, 5) is 3.41. The van der Waals surface area contributed by atoms with Crippen molar-refractivity contribution in [1.29, 1.82) is 0 Å². The van der Waals surface area contributed by atoms with Crippen molar-refractivity contribution in [1.82, 2.24) is 9.36 Å². The lowest BCUT2D eigenvalue weighted by molar-refractivity contribution is -0.144. The van der Waals surface area contributed by atoms with E-state index in [0.29, 0.717) is 13.1 Å². The Morgan fingerprint density at radius 3 is 2.50 bits per heavy atom. The molecule has 1 heterocycles. The first-order chi connectivity index (χ1) is 8.24. The highest BCUT2D eigenvalue weighted by molar-refractivity contribution is 7.09.